The Balaban J connectivity index is 3.37. The molecule has 1 unspecified atom stereocenters. The van der Waals surface area contributed by atoms with Crippen LogP contribution in [0.5, 0.6) is 0 Å². The lowest BCUT2D eigenvalue weighted by Crippen LogP contribution is -2.30. The van der Waals surface area contributed by atoms with Gasteiger partial charge in [0, 0.05) is 25.2 Å². The molecule has 0 fully saturated rings. The molecule has 1 aromatic carbocycles. The van der Waals surface area contributed by atoms with Gasteiger partial charge >= 0.3 is 5.51 Å². The molecule has 0 aliphatic carbocycles. The van der Waals surface area contributed by atoms with E-state index in [-0.39, 0.29) is 23.7 Å². The summed E-state index contributed by atoms with van der Waals surface area (Å²) in [6.45, 7) is 3.72. The lowest BCUT2D eigenvalue weighted by molar-refractivity contribution is -0.384. The van der Waals surface area contributed by atoms with Gasteiger partial charge in [-0.2, -0.15) is 13.2 Å². The molecule has 0 heterocycles. The largest absolute Gasteiger partial charge is 0.464 e. The van der Waals surface area contributed by atoms with Crippen LogP contribution in [0.1, 0.15) is 13.8 Å². The van der Waals surface area contributed by atoms with Crippen molar-refractivity contribution in [3.8, 4) is 0 Å². The van der Waals surface area contributed by atoms with Gasteiger partial charge in [-0.3, -0.25) is 10.1 Å². The normalized spacial score (nSPS) is 14.6. The number of alkyl halides is 3. The molecule has 0 radical (unpaired) electrons. The summed E-state index contributed by atoms with van der Waals surface area (Å²) in [7, 11) is -3.51. The molecule has 1 atom stereocenters. The minimum atomic E-state index is -4.66. The first-order valence-corrected chi connectivity index (χ1v) is 8.39. The van der Waals surface area contributed by atoms with Crippen molar-refractivity contribution in [3.05, 3.63) is 34.4 Å². The highest BCUT2D eigenvalue weighted by Gasteiger charge is 2.32. The summed E-state index contributed by atoms with van der Waals surface area (Å²) in [6.07, 6.45) is 0. The van der Waals surface area contributed by atoms with E-state index in [9.17, 15) is 27.5 Å². The number of hydrogen-bond acceptors (Lipinski definition) is 5. The Morgan fingerprint density at radius 3 is 2.14 bits per heavy atom. The van der Waals surface area contributed by atoms with Gasteiger partial charge in [0.15, 0.2) is 9.92 Å². The number of rotatable bonds is 6. The summed E-state index contributed by atoms with van der Waals surface area (Å²) >= 11 is -0.721. The van der Waals surface area contributed by atoms with Crippen LogP contribution >= 0.6 is 11.9 Å². The summed E-state index contributed by atoms with van der Waals surface area (Å²) in [5, 5.41) is 10.6. The van der Waals surface area contributed by atoms with Crippen LogP contribution in [0.25, 0.3) is 0 Å². The van der Waals surface area contributed by atoms with Gasteiger partial charge in [-0.1, -0.05) is 13.8 Å². The van der Waals surface area contributed by atoms with Crippen molar-refractivity contribution in [2.24, 2.45) is 3.77 Å². The van der Waals surface area contributed by atoms with Gasteiger partial charge in [0.1, 0.15) is 0 Å². The van der Waals surface area contributed by atoms with E-state index in [0.29, 0.717) is 0 Å². The molecular formula is C11H14F3N3O3S2. The van der Waals surface area contributed by atoms with Gasteiger partial charge < -0.3 is 0 Å². The molecule has 0 aliphatic heterocycles. The Kier molecular flexibility index (Phi) is 6.20. The maximum Gasteiger partial charge on any atom is 0.464 e. The average Bonchev–Trinajstić information content (AvgIpc) is 2.45. The second-order valence-corrected chi connectivity index (χ2v) is 7.20. The fourth-order valence-corrected chi connectivity index (χ4v) is 4.60. The van der Waals surface area contributed by atoms with Crippen molar-refractivity contribution in [3.63, 3.8) is 0 Å². The third kappa shape index (κ3) is 4.58. The molecule has 0 amide bonds. The summed E-state index contributed by atoms with van der Waals surface area (Å²) in [5.41, 5.74) is -4.90. The van der Waals surface area contributed by atoms with E-state index in [4.69, 9.17) is 0 Å². The predicted octanol–water partition coefficient (Wildman–Crippen LogP) is 3.85. The highest BCUT2D eigenvalue weighted by molar-refractivity contribution is 8.07. The van der Waals surface area contributed by atoms with Gasteiger partial charge in [0.25, 0.3) is 5.69 Å². The first-order chi connectivity index (χ1) is 10.1. The topological polar surface area (TPSA) is 75.8 Å². The predicted molar refractivity (Wildman–Crippen MR) is 78.5 cm³/mol. The van der Waals surface area contributed by atoms with Crippen LogP contribution in [0.15, 0.2) is 32.9 Å². The van der Waals surface area contributed by atoms with Crippen molar-refractivity contribution in [2.75, 3.05) is 13.1 Å². The van der Waals surface area contributed by atoms with Crippen molar-refractivity contribution in [1.82, 2.24) is 4.31 Å². The first kappa shape index (κ1) is 18.7. The lowest BCUT2D eigenvalue weighted by atomic mass is 10.3. The number of nitro groups is 1. The van der Waals surface area contributed by atoms with Crippen LogP contribution in [0.4, 0.5) is 18.9 Å². The Labute approximate surface area is 130 Å². The molecule has 22 heavy (non-hydrogen) atoms. The number of nitrogens with zero attached hydrogens (tertiary/aromatic N) is 3. The van der Waals surface area contributed by atoms with Crippen molar-refractivity contribution < 1.29 is 22.3 Å². The molecule has 0 aromatic heterocycles. The van der Waals surface area contributed by atoms with Crippen molar-refractivity contribution >= 4 is 27.6 Å². The van der Waals surface area contributed by atoms with Crippen LogP contribution < -0.4 is 0 Å². The number of nitro benzene ring substituents is 1. The zero-order valence-electron chi connectivity index (χ0n) is 11.7. The van der Waals surface area contributed by atoms with Gasteiger partial charge in [0.2, 0.25) is 0 Å². The molecule has 6 nitrogen and oxygen atoms in total. The number of benzene rings is 1. The Bertz CT molecular complexity index is 636. The van der Waals surface area contributed by atoms with Crippen LogP contribution in [0, 0.1) is 10.1 Å². The molecule has 0 bridgehead atoms. The Morgan fingerprint density at radius 2 is 1.77 bits per heavy atom. The molecule has 0 N–H and O–H groups in total. The van der Waals surface area contributed by atoms with Gasteiger partial charge in [-0.15, -0.1) is 3.77 Å². The molecule has 124 valence electrons. The summed E-state index contributed by atoms with van der Waals surface area (Å²) in [6, 6.07) is 4.51. The first-order valence-electron chi connectivity index (χ1n) is 6.15. The smallest absolute Gasteiger partial charge is 0.258 e. The molecule has 0 saturated heterocycles. The van der Waals surface area contributed by atoms with Crippen LogP contribution in [-0.2, 0) is 9.92 Å². The van der Waals surface area contributed by atoms with E-state index in [1.165, 1.54) is 16.4 Å². The quantitative estimate of drug-likeness (QED) is 0.440. The molecule has 0 spiro atoms. The lowest BCUT2D eigenvalue weighted by Gasteiger charge is -2.23. The number of hydrogen-bond donors (Lipinski definition) is 0. The van der Waals surface area contributed by atoms with Crippen molar-refractivity contribution in [2.45, 2.75) is 24.3 Å². The van der Waals surface area contributed by atoms with E-state index in [0.717, 1.165) is 12.1 Å². The Morgan fingerprint density at radius 1 is 1.27 bits per heavy atom. The Hall–Kier alpha value is -1.33. The molecule has 0 saturated carbocycles. The molecular weight excluding hydrogens is 343 g/mol. The minimum Gasteiger partial charge on any atom is -0.258 e. The van der Waals surface area contributed by atoms with Gasteiger partial charge in [-0.05, 0) is 12.1 Å². The fourth-order valence-electron chi connectivity index (χ4n) is 1.65. The minimum absolute atomic E-state index is 0.00134. The van der Waals surface area contributed by atoms with Gasteiger partial charge in [-0.25, -0.2) is 8.51 Å². The van der Waals surface area contributed by atoms with Gasteiger partial charge in [0.05, 0.1) is 21.8 Å². The second-order valence-electron chi connectivity index (χ2n) is 3.97. The molecule has 1 aromatic rings. The van der Waals surface area contributed by atoms with E-state index >= 15 is 0 Å². The average molecular weight is 357 g/mol. The molecule has 11 heteroatoms. The third-order valence-corrected chi connectivity index (χ3v) is 6.07. The highest BCUT2D eigenvalue weighted by Crippen LogP contribution is 2.34. The maximum absolute atomic E-state index is 12.9. The maximum atomic E-state index is 12.9. The zero-order chi connectivity index (χ0) is 17.0. The van der Waals surface area contributed by atoms with Crippen LogP contribution in [-0.4, -0.2) is 32.0 Å². The SMILES string of the molecule is CCN(CC)S(=O)(=NSC(F)(F)F)c1ccc([N+](=O)[O-])cc1. The second kappa shape index (κ2) is 7.29. The van der Waals surface area contributed by atoms with E-state index < -0.39 is 32.3 Å². The van der Waals surface area contributed by atoms with Crippen LogP contribution in [0.3, 0.4) is 0 Å². The number of non-ortho nitro benzene ring substituents is 1. The fraction of sp³-hybridized carbons (Fsp3) is 0.455. The van der Waals surface area contributed by atoms with E-state index in [1.54, 1.807) is 13.8 Å². The monoisotopic (exact) mass is 357 g/mol. The standard InChI is InChI=1S/C11H14F3N3O3S2/c1-3-16(4-2)22(20,15-21-11(12,13)14)10-7-5-9(6-8-10)17(18)19/h5-8H,3-4H2,1-2H3. The third-order valence-electron chi connectivity index (χ3n) is 2.65. The van der Waals surface area contributed by atoms with Crippen LogP contribution in [0.2, 0.25) is 0 Å². The van der Waals surface area contributed by atoms with E-state index in [2.05, 4.69) is 3.77 Å². The zero-order valence-corrected chi connectivity index (χ0v) is 13.4. The number of halogens is 3. The van der Waals surface area contributed by atoms with Crippen molar-refractivity contribution in [1.29, 1.82) is 0 Å². The molecule has 0 aliphatic rings. The highest BCUT2D eigenvalue weighted by atomic mass is 32.3. The summed E-state index contributed by atoms with van der Waals surface area (Å²) in [5.74, 6) is 0. The van der Waals surface area contributed by atoms with E-state index in [1.807, 2.05) is 0 Å². The summed E-state index contributed by atoms with van der Waals surface area (Å²) in [4.78, 5) is 9.96. The molecule has 1 rings (SSSR count). The summed E-state index contributed by atoms with van der Waals surface area (Å²) < 4.78 is 54.7.